The van der Waals surface area contributed by atoms with E-state index in [9.17, 15) is 4.79 Å². The average molecular weight is 164 g/mol. The van der Waals surface area contributed by atoms with Crippen molar-refractivity contribution < 1.29 is 15.0 Å². The molecule has 3 nitrogen and oxygen atoms in total. The second-order valence-electron chi connectivity index (χ2n) is 2.98. The van der Waals surface area contributed by atoms with Crippen molar-refractivity contribution in [3.8, 4) is 5.75 Å². The minimum atomic E-state index is -0.812. The normalized spacial score (nSPS) is 19.5. The van der Waals surface area contributed by atoms with Crippen molar-refractivity contribution in [1.29, 1.82) is 0 Å². The van der Waals surface area contributed by atoms with Gasteiger partial charge in [0.2, 0.25) is 0 Å². The Morgan fingerprint density at radius 2 is 2.25 bits per heavy atom. The molecule has 0 fully saturated rings. The summed E-state index contributed by atoms with van der Waals surface area (Å²) >= 11 is 0. The number of carbonyl (C=O) groups is 1. The van der Waals surface area contributed by atoms with Crippen molar-refractivity contribution in [2.45, 2.75) is 12.3 Å². The molecule has 0 spiro atoms. The minimum absolute atomic E-state index is 0.139. The van der Waals surface area contributed by atoms with Crippen molar-refractivity contribution in [3.63, 3.8) is 0 Å². The van der Waals surface area contributed by atoms with Crippen LogP contribution < -0.4 is 0 Å². The third-order valence-electron chi connectivity index (χ3n) is 2.23. The molecule has 0 saturated carbocycles. The van der Waals surface area contributed by atoms with E-state index in [1.54, 1.807) is 12.1 Å². The van der Waals surface area contributed by atoms with Gasteiger partial charge in [-0.1, -0.05) is 6.07 Å². The van der Waals surface area contributed by atoms with Gasteiger partial charge in [-0.15, -0.1) is 0 Å². The summed E-state index contributed by atoms with van der Waals surface area (Å²) in [6.07, 6.45) is 0.588. The van der Waals surface area contributed by atoms with E-state index < -0.39 is 11.9 Å². The van der Waals surface area contributed by atoms with Crippen molar-refractivity contribution in [2.75, 3.05) is 0 Å². The standard InChI is InChI=1S/C9H8O3/c10-6-2-1-5-3-8(9(11)12)7(5)4-6/h1-2,4,8,10H,3H2,(H,11,12). The molecule has 2 rings (SSSR count). The summed E-state index contributed by atoms with van der Waals surface area (Å²) < 4.78 is 0. The van der Waals surface area contributed by atoms with E-state index in [2.05, 4.69) is 0 Å². The van der Waals surface area contributed by atoms with Gasteiger partial charge in [0.05, 0.1) is 5.92 Å². The van der Waals surface area contributed by atoms with Crippen LogP contribution in [0.2, 0.25) is 0 Å². The van der Waals surface area contributed by atoms with E-state index in [0.29, 0.717) is 6.42 Å². The highest BCUT2D eigenvalue weighted by molar-refractivity contribution is 5.80. The lowest BCUT2D eigenvalue weighted by molar-refractivity contribution is -0.139. The fraction of sp³-hybridized carbons (Fsp3) is 0.222. The molecule has 0 saturated heterocycles. The van der Waals surface area contributed by atoms with Crippen LogP contribution in [0.25, 0.3) is 0 Å². The Bertz CT molecular complexity index is 344. The largest absolute Gasteiger partial charge is 0.508 e. The van der Waals surface area contributed by atoms with Gasteiger partial charge < -0.3 is 10.2 Å². The zero-order valence-electron chi connectivity index (χ0n) is 6.32. The van der Waals surface area contributed by atoms with Crippen LogP contribution in [0.4, 0.5) is 0 Å². The van der Waals surface area contributed by atoms with Crippen LogP contribution >= 0.6 is 0 Å². The maximum absolute atomic E-state index is 10.6. The maximum atomic E-state index is 10.6. The maximum Gasteiger partial charge on any atom is 0.311 e. The van der Waals surface area contributed by atoms with E-state index >= 15 is 0 Å². The first-order valence-corrected chi connectivity index (χ1v) is 3.73. The third-order valence-corrected chi connectivity index (χ3v) is 2.23. The fourth-order valence-electron chi connectivity index (χ4n) is 1.51. The average Bonchev–Trinajstić information content (AvgIpc) is 1.95. The predicted molar refractivity (Wildman–Crippen MR) is 42.2 cm³/mol. The van der Waals surface area contributed by atoms with Crippen LogP contribution in [0.5, 0.6) is 5.75 Å². The van der Waals surface area contributed by atoms with Gasteiger partial charge in [-0.2, -0.15) is 0 Å². The third kappa shape index (κ3) is 0.863. The summed E-state index contributed by atoms with van der Waals surface area (Å²) in [6.45, 7) is 0. The zero-order chi connectivity index (χ0) is 8.72. The number of carboxylic acid groups (broad SMARTS) is 1. The van der Waals surface area contributed by atoms with Gasteiger partial charge in [0.15, 0.2) is 0 Å². The molecule has 1 aromatic carbocycles. The molecule has 0 aliphatic heterocycles. The van der Waals surface area contributed by atoms with Gasteiger partial charge in [0, 0.05) is 0 Å². The molecular formula is C9H8O3. The summed E-state index contributed by atoms with van der Waals surface area (Å²) in [5, 5.41) is 17.8. The van der Waals surface area contributed by atoms with Gasteiger partial charge in [0.25, 0.3) is 0 Å². The van der Waals surface area contributed by atoms with Gasteiger partial charge in [0.1, 0.15) is 5.75 Å². The number of aliphatic carboxylic acids is 1. The molecule has 1 aliphatic rings. The lowest BCUT2D eigenvalue weighted by Gasteiger charge is -2.26. The van der Waals surface area contributed by atoms with Crippen molar-refractivity contribution in [2.24, 2.45) is 0 Å². The molecule has 62 valence electrons. The molecule has 0 amide bonds. The Morgan fingerprint density at radius 3 is 2.92 bits per heavy atom. The Labute approximate surface area is 69.3 Å². The second-order valence-corrected chi connectivity index (χ2v) is 2.98. The van der Waals surface area contributed by atoms with E-state index in [-0.39, 0.29) is 5.75 Å². The summed E-state index contributed by atoms with van der Waals surface area (Å²) in [4.78, 5) is 10.6. The number of hydrogen-bond donors (Lipinski definition) is 2. The summed E-state index contributed by atoms with van der Waals surface area (Å²) in [6, 6.07) is 4.87. The van der Waals surface area contributed by atoms with Crippen molar-refractivity contribution in [3.05, 3.63) is 29.3 Å². The Kier molecular flexibility index (Phi) is 1.33. The molecule has 2 N–H and O–H groups in total. The number of carboxylic acids is 1. The molecule has 0 aromatic heterocycles. The first-order chi connectivity index (χ1) is 5.68. The number of hydrogen-bond acceptors (Lipinski definition) is 2. The van der Waals surface area contributed by atoms with E-state index in [4.69, 9.17) is 10.2 Å². The topological polar surface area (TPSA) is 57.5 Å². The van der Waals surface area contributed by atoms with Crippen LogP contribution in [0, 0.1) is 0 Å². The molecule has 12 heavy (non-hydrogen) atoms. The highest BCUT2D eigenvalue weighted by Gasteiger charge is 2.31. The van der Waals surface area contributed by atoms with Gasteiger partial charge in [-0.3, -0.25) is 4.79 Å². The molecule has 1 aromatic rings. The van der Waals surface area contributed by atoms with Gasteiger partial charge in [-0.05, 0) is 29.7 Å². The quantitative estimate of drug-likeness (QED) is 0.653. The van der Waals surface area contributed by atoms with E-state index in [1.165, 1.54) is 6.07 Å². The fourth-order valence-corrected chi connectivity index (χ4v) is 1.51. The Morgan fingerprint density at radius 1 is 1.50 bits per heavy atom. The number of fused-ring (bicyclic) bond motifs is 1. The van der Waals surface area contributed by atoms with E-state index in [0.717, 1.165) is 11.1 Å². The number of phenolic OH excluding ortho intramolecular Hbond substituents is 1. The summed E-state index contributed by atoms with van der Waals surface area (Å²) in [5.74, 6) is -1.08. The molecule has 1 aliphatic carbocycles. The highest BCUT2D eigenvalue weighted by atomic mass is 16.4. The number of phenols is 1. The molecule has 1 unspecified atom stereocenters. The van der Waals surface area contributed by atoms with Crippen LogP contribution in [-0.4, -0.2) is 16.2 Å². The number of aromatic hydroxyl groups is 1. The van der Waals surface area contributed by atoms with Gasteiger partial charge in [-0.25, -0.2) is 0 Å². The molecule has 0 bridgehead atoms. The molecule has 3 heteroatoms. The number of rotatable bonds is 1. The molecular weight excluding hydrogens is 156 g/mol. The molecule has 0 heterocycles. The van der Waals surface area contributed by atoms with E-state index in [1.807, 2.05) is 0 Å². The van der Waals surface area contributed by atoms with Crippen LogP contribution in [0.1, 0.15) is 17.0 Å². The SMILES string of the molecule is O=C(O)C1Cc2ccc(O)cc21. The Hall–Kier alpha value is -1.51. The summed E-state index contributed by atoms with van der Waals surface area (Å²) in [7, 11) is 0. The number of benzene rings is 1. The minimum Gasteiger partial charge on any atom is -0.508 e. The lowest BCUT2D eigenvalue weighted by atomic mass is 9.77. The smallest absolute Gasteiger partial charge is 0.311 e. The second kappa shape index (κ2) is 2.24. The predicted octanol–water partition coefficient (Wildman–Crippen LogP) is 1.12. The van der Waals surface area contributed by atoms with Crippen LogP contribution in [0.15, 0.2) is 18.2 Å². The van der Waals surface area contributed by atoms with Crippen molar-refractivity contribution in [1.82, 2.24) is 0 Å². The first kappa shape index (κ1) is 7.16. The molecule has 1 atom stereocenters. The van der Waals surface area contributed by atoms with Crippen molar-refractivity contribution >= 4 is 5.97 Å². The monoisotopic (exact) mass is 164 g/mol. The molecule has 0 radical (unpaired) electrons. The van der Waals surface area contributed by atoms with Crippen LogP contribution in [-0.2, 0) is 11.2 Å². The first-order valence-electron chi connectivity index (χ1n) is 3.73. The lowest BCUT2D eigenvalue weighted by Crippen LogP contribution is -2.24. The van der Waals surface area contributed by atoms with Gasteiger partial charge >= 0.3 is 5.97 Å². The van der Waals surface area contributed by atoms with Crippen LogP contribution in [0.3, 0.4) is 0 Å². The Balaban J connectivity index is 2.39. The summed E-state index contributed by atoms with van der Waals surface area (Å²) in [5.41, 5.74) is 1.78. The zero-order valence-corrected chi connectivity index (χ0v) is 6.32. The highest BCUT2D eigenvalue weighted by Crippen LogP contribution is 2.37.